The first-order valence-electron chi connectivity index (χ1n) is 11.8. The molecule has 1 rings (SSSR count). The second-order valence-corrected chi connectivity index (χ2v) is 8.17. The van der Waals surface area contributed by atoms with E-state index in [1.165, 1.54) is 25.7 Å². The zero-order valence-electron chi connectivity index (χ0n) is 18.9. The first-order chi connectivity index (χ1) is 15.0. The van der Waals surface area contributed by atoms with Gasteiger partial charge in [-0.3, -0.25) is 4.79 Å². The van der Waals surface area contributed by atoms with Crippen molar-refractivity contribution >= 4 is 5.97 Å². The average Bonchev–Trinajstić information content (AvgIpc) is 2.76. The lowest BCUT2D eigenvalue weighted by Gasteiger charge is -2.39. The summed E-state index contributed by atoms with van der Waals surface area (Å²) in [6, 6.07) is 0. The van der Waals surface area contributed by atoms with Gasteiger partial charge in [-0.2, -0.15) is 0 Å². The van der Waals surface area contributed by atoms with Crippen LogP contribution in [0, 0.1) is 0 Å². The third-order valence-electron chi connectivity index (χ3n) is 5.43. The van der Waals surface area contributed by atoms with E-state index in [9.17, 15) is 20.1 Å². The lowest BCUT2D eigenvalue weighted by atomic mass is 9.99. The van der Waals surface area contributed by atoms with E-state index in [2.05, 4.69) is 31.2 Å². The monoisotopic (exact) mass is 442 g/mol. The Labute approximate surface area is 186 Å². The molecule has 7 heteroatoms. The molecule has 0 aromatic carbocycles. The van der Waals surface area contributed by atoms with Gasteiger partial charge in [-0.15, -0.1) is 0 Å². The molecule has 0 amide bonds. The van der Waals surface area contributed by atoms with Crippen LogP contribution in [0.4, 0.5) is 0 Å². The predicted octanol–water partition coefficient (Wildman–Crippen LogP) is 3.14. The van der Waals surface area contributed by atoms with Gasteiger partial charge in [0.15, 0.2) is 0 Å². The lowest BCUT2D eigenvalue weighted by molar-refractivity contribution is -0.292. The van der Waals surface area contributed by atoms with Crippen molar-refractivity contribution in [2.45, 2.75) is 115 Å². The van der Waals surface area contributed by atoms with E-state index in [0.29, 0.717) is 6.42 Å². The van der Waals surface area contributed by atoms with Crippen molar-refractivity contribution in [1.29, 1.82) is 0 Å². The normalized spacial score (nSPS) is 26.7. The highest BCUT2D eigenvalue weighted by Gasteiger charge is 2.45. The highest BCUT2D eigenvalue weighted by molar-refractivity contribution is 5.69. The number of hydrogen-bond acceptors (Lipinski definition) is 7. The molecule has 31 heavy (non-hydrogen) atoms. The SMILES string of the molecule is CCCCC/C=C\C/C=C\CCCCCCCC(=O)OC1O[C@H](CO)[C@@H](O)[C@H](O)[C@H]1O. The quantitative estimate of drug-likeness (QED) is 0.165. The number of rotatable bonds is 16. The maximum atomic E-state index is 11.9. The summed E-state index contributed by atoms with van der Waals surface area (Å²) in [5.41, 5.74) is 0. The summed E-state index contributed by atoms with van der Waals surface area (Å²) in [4.78, 5) is 11.9. The molecule has 0 spiro atoms. The highest BCUT2D eigenvalue weighted by Crippen LogP contribution is 2.22. The van der Waals surface area contributed by atoms with Crippen LogP contribution < -0.4 is 0 Å². The van der Waals surface area contributed by atoms with Gasteiger partial charge in [0.05, 0.1) is 6.61 Å². The number of carbonyl (C=O) groups excluding carboxylic acids is 1. The molecule has 1 unspecified atom stereocenters. The Morgan fingerprint density at radius 1 is 0.839 bits per heavy atom. The zero-order chi connectivity index (χ0) is 22.9. The van der Waals surface area contributed by atoms with Gasteiger partial charge in [-0.05, 0) is 38.5 Å². The van der Waals surface area contributed by atoms with Crippen molar-refractivity contribution in [3.63, 3.8) is 0 Å². The molecule has 0 radical (unpaired) electrons. The summed E-state index contributed by atoms with van der Waals surface area (Å²) in [6.07, 6.45) is 14.1. The largest absolute Gasteiger partial charge is 0.433 e. The topological polar surface area (TPSA) is 116 Å². The zero-order valence-corrected chi connectivity index (χ0v) is 18.9. The highest BCUT2D eigenvalue weighted by atomic mass is 16.7. The fourth-order valence-corrected chi connectivity index (χ4v) is 3.43. The molecule has 1 saturated heterocycles. The fourth-order valence-electron chi connectivity index (χ4n) is 3.43. The Bertz CT molecular complexity index is 518. The molecule has 0 bridgehead atoms. The van der Waals surface area contributed by atoms with Crippen molar-refractivity contribution < 1.29 is 34.7 Å². The van der Waals surface area contributed by atoms with Crippen LogP contribution in [0.3, 0.4) is 0 Å². The summed E-state index contributed by atoms with van der Waals surface area (Å²) in [5.74, 6) is -0.532. The minimum Gasteiger partial charge on any atom is -0.433 e. The van der Waals surface area contributed by atoms with Crippen LogP contribution in [-0.4, -0.2) is 63.7 Å². The maximum Gasteiger partial charge on any atom is 0.308 e. The summed E-state index contributed by atoms with van der Waals surface area (Å²) in [7, 11) is 0. The standard InChI is InChI=1S/C24H42O7/c1-2-3-4-5-6-7-8-9-10-11-12-13-14-15-16-17-20(26)31-24-23(29)22(28)21(27)19(18-25)30-24/h6-7,9-10,19,21-25,27-29H,2-5,8,11-18H2,1H3/b7-6-,10-9-/t19-,21-,22+,23-,24?/m1/s1. The van der Waals surface area contributed by atoms with E-state index >= 15 is 0 Å². The van der Waals surface area contributed by atoms with E-state index in [-0.39, 0.29) is 6.42 Å². The molecule has 0 aromatic rings. The lowest BCUT2D eigenvalue weighted by Crippen LogP contribution is -2.59. The number of carbonyl (C=O) groups is 1. The van der Waals surface area contributed by atoms with E-state index in [0.717, 1.165) is 38.5 Å². The van der Waals surface area contributed by atoms with Crippen molar-refractivity contribution in [2.75, 3.05) is 6.61 Å². The van der Waals surface area contributed by atoms with Gasteiger partial charge >= 0.3 is 5.97 Å². The van der Waals surface area contributed by atoms with E-state index < -0.39 is 43.3 Å². The molecule has 1 heterocycles. The van der Waals surface area contributed by atoms with E-state index in [4.69, 9.17) is 14.6 Å². The van der Waals surface area contributed by atoms with Crippen molar-refractivity contribution in [3.05, 3.63) is 24.3 Å². The number of hydrogen-bond donors (Lipinski definition) is 4. The van der Waals surface area contributed by atoms with Crippen LogP contribution in [0.15, 0.2) is 24.3 Å². The van der Waals surface area contributed by atoms with Crippen LogP contribution in [0.2, 0.25) is 0 Å². The molecule has 1 aliphatic rings. The summed E-state index contributed by atoms with van der Waals surface area (Å²) in [6.45, 7) is 1.67. The van der Waals surface area contributed by atoms with Gasteiger partial charge in [0.25, 0.3) is 0 Å². The molecule has 0 aromatic heterocycles. The van der Waals surface area contributed by atoms with Crippen LogP contribution in [-0.2, 0) is 14.3 Å². The average molecular weight is 443 g/mol. The Balaban J connectivity index is 2.03. The molecule has 0 saturated carbocycles. The van der Waals surface area contributed by atoms with Crippen LogP contribution >= 0.6 is 0 Å². The number of unbranched alkanes of at least 4 members (excludes halogenated alkanes) is 8. The van der Waals surface area contributed by atoms with Gasteiger partial charge in [0, 0.05) is 6.42 Å². The second kappa shape index (κ2) is 17.3. The third-order valence-corrected chi connectivity index (χ3v) is 5.43. The van der Waals surface area contributed by atoms with Crippen molar-refractivity contribution in [3.8, 4) is 0 Å². The molecule has 1 fully saturated rings. The molecule has 180 valence electrons. The third kappa shape index (κ3) is 11.8. The summed E-state index contributed by atoms with van der Waals surface area (Å²) < 4.78 is 10.2. The smallest absolute Gasteiger partial charge is 0.308 e. The molecule has 1 aliphatic heterocycles. The van der Waals surface area contributed by atoms with Crippen molar-refractivity contribution in [1.82, 2.24) is 0 Å². The predicted molar refractivity (Wildman–Crippen MR) is 119 cm³/mol. The number of aliphatic hydroxyl groups is 4. The number of aliphatic hydroxyl groups excluding tert-OH is 4. The Morgan fingerprint density at radius 2 is 1.45 bits per heavy atom. The Hall–Kier alpha value is -1.25. The maximum absolute atomic E-state index is 11.9. The number of allylic oxidation sites excluding steroid dienone is 4. The molecule has 0 aliphatic carbocycles. The minimum absolute atomic E-state index is 0.194. The first-order valence-corrected chi connectivity index (χ1v) is 11.8. The van der Waals surface area contributed by atoms with Gasteiger partial charge in [-0.1, -0.05) is 63.3 Å². The van der Waals surface area contributed by atoms with Gasteiger partial charge in [-0.25, -0.2) is 0 Å². The van der Waals surface area contributed by atoms with E-state index in [1.54, 1.807) is 0 Å². The molecule has 7 nitrogen and oxygen atoms in total. The van der Waals surface area contributed by atoms with Crippen LogP contribution in [0.5, 0.6) is 0 Å². The van der Waals surface area contributed by atoms with Crippen LogP contribution in [0.1, 0.15) is 84.0 Å². The summed E-state index contributed by atoms with van der Waals surface area (Å²) in [5, 5.41) is 38.4. The minimum atomic E-state index is -1.55. The molecular formula is C24H42O7. The summed E-state index contributed by atoms with van der Waals surface area (Å²) >= 11 is 0. The van der Waals surface area contributed by atoms with Gasteiger partial charge in [0.1, 0.15) is 24.4 Å². The van der Waals surface area contributed by atoms with Gasteiger partial charge < -0.3 is 29.9 Å². The van der Waals surface area contributed by atoms with E-state index in [1.807, 2.05) is 0 Å². The number of esters is 1. The van der Waals surface area contributed by atoms with Crippen LogP contribution in [0.25, 0.3) is 0 Å². The fraction of sp³-hybridized carbons (Fsp3) is 0.792. The molecule has 5 atom stereocenters. The second-order valence-electron chi connectivity index (χ2n) is 8.17. The molecular weight excluding hydrogens is 400 g/mol. The Morgan fingerprint density at radius 3 is 2.10 bits per heavy atom. The Kier molecular flexibility index (Phi) is 15.5. The van der Waals surface area contributed by atoms with Crippen molar-refractivity contribution in [2.24, 2.45) is 0 Å². The number of ether oxygens (including phenoxy) is 2. The first kappa shape index (κ1) is 27.8. The molecule has 4 N–H and O–H groups in total. The van der Waals surface area contributed by atoms with Gasteiger partial charge in [0.2, 0.25) is 6.29 Å².